The van der Waals surface area contributed by atoms with Crippen molar-refractivity contribution in [2.24, 2.45) is 0 Å². The number of benzene rings is 1. The molecule has 2 aromatic heterocycles. The Kier molecular flexibility index (Phi) is 4.90. The van der Waals surface area contributed by atoms with E-state index < -0.39 is 0 Å². The maximum atomic E-state index is 12.9. The van der Waals surface area contributed by atoms with E-state index in [4.69, 9.17) is 5.26 Å². The molecule has 1 aliphatic rings. The van der Waals surface area contributed by atoms with Crippen molar-refractivity contribution in [3.05, 3.63) is 71.3 Å². The third-order valence-electron chi connectivity index (χ3n) is 5.27. The van der Waals surface area contributed by atoms with Crippen molar-refractivity contribution >= 4 is 5.91 Å². The summed E-state index contributed by atoms with van der Waals surface area (Å²) in [6.07, 6.45) is 5.30. The fraction of sp³-hybridized carbons (Fsp3) is 0.273. The number of rotatable bonds is 3. The molecule has 28 heavy (non-hydrogen) atoms. The molecule has 0 spiro atoms. The minimum Gasteiger partial charge on any atom is -0.338 e. The maximum absolute atomic E-state index is 12.9. The molecule has 1 atom stereocenters. The lowest BCUT2D eigenvalue weighted by Crippen LogP contribution is -2.39. The van der Waals surface area contributed by atoms with Gasteiger partial charge in [0.1, 0.15) is 11.8 Å². The van der Waals surface area contributed by atoms with Crippen LogP contribution < -0.4 is 0 Å². The normalized spacial score (nSPS) is 16.6. The average Bonchev–Trinajstić information content (AvgIpc) is 3.24. The van der Waals surface area contributed by atoms with Gasteiger partial charge in [0.25, 0.3) is 5.91 Å². The van der Waals surface area contributed by atoms with Gasteiger partial charge in [-0.25, -0.2) is 4.98 Å². The molecule has 1 aliphatic heterocycles. The third-order valence-corrected chi connectivity index (χ3v) is 5.27. The molecule has 0 radical (unpaired) electrons. The van der Waals surface area contributed by atoms with Crippen LogP contribution >= 0.6 is 0 Å². The molecular formula is C22H21N5O. The Morgan fingerprint density at radius 1 is 1.21 bits per heavy atom. The van der Waals surface area contributed by atoms with Crippen LogP contribution in [0.3, 0.4) is 0 Å². The van der Waals surface area contributed by atoms with Gasteiger partial charge in [-0.1, -0.05) is 29.8 Å². The van der Waals surface area contributed by atoms with Gasteiger partial charge in [0.15, 0.2) is 0 Å². The lowest BCUT2D eigenvalue weighted by Gasteiger charge is -2.32. The molecule has 1 saturated heterocycles. The van der Waals surface area contributed by atoms with Gasteiger partial charge in [-0.15, -0.1) is 0 Å². The van der Waals surface area contributed by atoms with Crippen LogP contribution in [-0.2, 0) is 0 Å². The van der Waals surface area contributed by atoms with E-state index in [1.165, 1.54) is 11.8 Å². The molecule has 0 saturated carbocycles. The number of nitriles is 1. The molecule has 4 rings (SSSR count). The summed E-state index contributed by atoms with van der Waals surface area (Å²) in [4.78, 5) is 18.8. The minimum absolute atomic E-state index is 0.0434. The fourth-order valence-corrected chi connectivity index (χ4v) is 3.74. The zero-order valence-corrected chi connectivity index (χ0v) is 15.7. The SMILES string of the molecule is Cc1ccc(-c2cn[nH]c2[C@@H]2CCCN(C(=O)c3ccc(C#N)nc3)C2)cc1. The number of nitrogens with zero attached hydrogens (tertiary/aromatic N) is 4. The Morgan fingerprint density at radius 2 is 2.04 bits per heavy atom. The molecule has 1 amide bonds. The van der Waals surface area contributed by atoms with Crippen molar-refractivity contribution in [2.45, 2.75) is 25.7 Å². The van der Waals surface area contributed by atoms with Gasteiger partial charge in [0.2, 0.25) is 0 Å². The topological polar surface area (TPSA) is 85.7 Å². The van der Waals surface area contributed by atoms with Gasteiger partial charge in [0, 0.05) is 36.5 Å². The third kappa shape index (κ3) is 3.52. The van der Waals surface area contributed by atoms with E-state index in [0.717, 1.165) is 36.2 Å². The molecule has 0 unspecified atom stereocenters. The van der Waals surface area contributed by atoms with E-state index in [1.54, 1.807) is 12.1 Å². The summed E-state index contributed by atoms with van der Waals surface area (Å²) in [6, 6.07) is 13.6. The molecular weight excluding hydrogens is 350 g/mol. The monoisotopic (exact) mass is 371 g/mol. The summed E-state index contributed by atoms with van der Waals surface area (Å²) in [7, 11) is 0. The highest BCUT2D eigenvalue weighted by molar-refractivity contribution is 5.94. The Bertz CT molecular complexity index is 1010. The first kappa shape index (κ1) is 17.9. The summed E-state index contributed by atoms with van der Waals surface area (Å²) in [6.45, 7) is 3.44. The van der Waals surface area contributed by atoms with Crippen molar-refractivity contribution in [1.82, 2.24) is 20.1 Å². The number of hydrogen-bond donors (Lipinski definition) is 1. The molecule has 0 aliphatic carbocycles. The minimum atomic E-state index is -0.0434. The quantitative estimate of drug-likeness (QED) is 0.761. The van der Waals surface area contributed by atoms with Crippen LogP contribution in [0.15, 0.2) is 48.8 Å². The average molecular weight is 371 g/mol. The lowest BCUT2D eigenvalue weighted by molar-refractivity contribution is 0.0705. The Labute approximate surface area is 163 Å². The summed E-state index contributed by atoms with van der Waals surface area (Å²) >= 11 is 0. The number of piperidine rings is 1. The zero-order chi connectivity index (χ0) is 19.5. The fourth-order valence-electron chi connectivity index (χ4n) is 3.74. The van der Waals surface area contributed by atoms with E-state index in [-0.39, 0.29) is 11.8 Å². The predicted molar refractivity (Wildman–Crippen MR) is 106 cm³/mol. The molecule has 3 aromatic rings. The first-order valence-electron chi connectivity index (χ1n) is 9.41. The number of amides is 1. The van der Waals surface area contributed by atoms with Crippen LogP contribution in [0.1, 0.15) is 46.1 Å². The number of aromatic nitrogens is 3. The van der Waals surface area contributed by atoms with Gasteiger partial charge in [-0.05, 0) is 37.5 Å². The van der Waals surface area contributed by atoms with Gasteiger partial charge in [-0.3, -0.25) is 9.89 Å². The second-order valence-corrected chi connectivity index (χ2v) is 7.20. The van der Waals surface area contributed by atoms with Gasteiger partial charge >= 0.3 is 0 Å². The largest absolute Gasteiger partial charge is 0.338 e. The molecule has 6 nitrogen and oxygen atoms in total. The second-order valence-electron chi connectivity index (χ2n) is 7.20. The Morgan fingerprint density at radius 3 is 2.75 bits per heavy atom. The van der Waals surface area contributed by atoms with Gasteiger partial charge < -0.3 is 4.90 Å². The summed E-state index contributed by atoms with van der Waals surface area (Å²) < 4.78 is 0. The number of carbonyl (C=O) groups is 1. The summed E-state index contributed by atoms with van der Waals surface area (Å²) in [5, 5.41) is 16.3. The first-order valence-corrected chi connectivity index (χ1v) is 9.41. The zero-order valence-electron chi connectivity index (χ0n) is 15.7. The predicted octanol–water partition coefficient (Wildman–Crippen LogP) is 3.67. The van der Waals surface area contributed by atoms with Crippen LogP contribution in [-0.4, -0.2) is 39.1 Å². The molecule has 1 N–H and O–H groups in total. The number of nitrogens with one attached hydrogen (secondary N) is 1. The van der Waals surface area contributed by atoms with Gasteiger partial charge in [0.05, 0.1) is 11.8 Å². The van der Waals surface area contributed by atoms with Crippen molar-refractivity contribution in [3.8, 4) is 17.2 Å². The summed E-state index contributed by atoms with van der Waals surface area (Å²) in [5.41, 5.74) is 5.36. The van der Waals surface area contributed by atoms with E-state index in [2.05, 4.69) is 46.4 Å². The van der Waals surface area contributed by atoms with Crippen molar-refractivity contribution in [2.75, 3.05) is 13.1 Å². The van der Waals surface area contributed by atoms with Crippen molar-refractivity contribution in [3.63, 3.8) is 0 Å². The maximum Gasteiger partial charge on any atom is 0.255 e. The summed E-state index contributed by atoms with van der Waals surface area (Å²) in [5.74, 6) is 0.168. The lowest BCUT2D eigenvalue weighted by atomic mass is 9.90. The number of hydrogen-bond acceptors (Lipinski definition) is 4. The standard InChI is InChI=1S/C22H21N5O/c1-15-4-6-16(7-5-15)20-13-25-26-21(20)18-3-2-10-27(14-18)22(28)17-8-9-19(11-23)24-12-17/h4-9,12-13,18H,2-3,10,14H2,1H3,(H,25,26)/t18-/m1/s1. The molecule has 1 aromatic carbocycles. The van der Waals surface area contributed by atoms with E-state index >= 15 is 0 Å². The number of H-pyrrole nitrogens is 1. The molecule has 3 heterocycles. The first-order chi connectivity index (χ1) is 13.7. The smallest absolute Gasteiger partial charge is 0.255 e. The number of likely N-dealkylation sites (tertiary alicyclic amines) is 1. The highest BCUT2D eigenvalue weighted by Gasteiger charge is 2.28. The highest BCUT2D eigenvalue weighted by atomic mass is 16.2. The number of aromatic amines is 1. The van der Waals surface area contributed by atoms with Crippen molar-refractivity contribution < 1.29 is 4.79 Å². The number of aryl methyl sites for hydroxylation is 1. The molecule has 6 heteroatoms. The number of pyridine rings is 1. The van der Waals surface area contributed by atoms with Crippen LogP contribution in [0, 0.1) is 18.3 Å². The molecule has 1 fully saturated rings. The van der Waals surface area contributed by atoms with Crippen LogP contribution in [0.25, 0.3) is 11.1 Å². The molecule has 140 valence electrons. The van der Waals surface area contributed by atoms with Gasteiger partial charge in [-0.2, -0.15) is 10.4 Å². The van der Waals surface area contributed by atoms with E-state index in [9.17, 15) is 4.79 Å². The van der Waals surface area contributed by atoms with Crippen LogP contribution in [0.5, 0.6) is 0 Å². The highest BCUT2D eigenvalue weighted by Crippen LogP contribution is 2.33. The Balaban J connectivity index is 1.54. The van der Waals surface area contributed by atoms with Crippen LogP contribution in [0.4, 0.5) is 0 Å². The van der Waals surface area contributed by atoms with E-state index in [1.807, 2.05) is 17.2 Å². The second kappa shape index (κ2) is 7.65. The molecule has 0 bridgehead atoms. The van der Waals surface area contributed by atoms with E-state index in [0.29, 0.717) is 17.8 Å². The van der Waals surface area contributed by atoms with Crippen molar-refractivity contribution in [1.29, 1.82) is 5.26 Å². The number of carbonyl (C=O) groups excluding carboxylic acids is 1. The Hall–Kier alpha value is -3.46. The van der Waals surface area contributed by atoms with Crippen LogP contribution in [0.2, 0.25) is 0 Å².